The van der Waals surface area contributed by atoms with Gasteiger partial charge in [-0.3, -0.25) is 0 Å². The summed E-state index contributed by atoms with van der Waals surface area (Å²) in [4.78, 5) is 6.47. The number of nitrogens with one attached hydrogen (secondary N) is 2. The molecule has 0 saturated heterocycles. The number of para-hydroxylation sites is 1. The molecule has 20 heavy (non-hydrogen) atoms. The van der Waals surface area contributed by atoms with Crippen molar-refractivity contribution in [3.63, 3.8) is 0 Å². The quantitative estimate of drug-likeness (QED) is 0.759. The fourth-order valence-corrected chi connectivity index (χ4v) is 2.04. The van der Waals surface area contributed by atoms with Gasteiger partial charge in [0, 0.05) is 50.8 Å². The van der Waals surface area contributed by atoms with Gasteiger partial charge >= 0.3 is 0 Å². The second-order valence-corrected chi connectivity index (χ2v) is 4.72. The van der Waals surface area contributed by atoms with Crippen LogP contribution in [0.25, 0.3) is 0 Å². The number of rotatable bonds is 7. The van der Waals surface area contributed by atoms with E-state index in [-0.39, 0.29) is 0 Å². The molecule has 0 radical (unpaired) electrons. The second-order valence-electron chi connectivity index (χ2n) is 4.72. The third-order valence-electron chi connectivity index (χ3n) is 3.21. The van der Waals surface area contributed by atoms with Gasteiger partial charge in [0.05, 0.1) is 0 Å². The van der Waals surface area contributed by atoms with Crippen molar-refractivity contribution in [1.29, 1.82) is 0 Å². The summed E-state index contributed by atoms with van der Waals surface area (Å²) in [5.41, 5.74) is 2.36. The summed E-state index contributed by atoms with van der Waals surface area (Å²) < 4.78 is 0. The van der Waals surface area contributed by atoms with Crippen molar-refractivity contribution in [2.24, 2.45) is 0 Å². The van der Waals surface area contributed by atoms with Crippen molar-refractivity contribution in [1.82, 2.24) is 4.98 Å². The Morgan fingerprint density at radius 2 is 1.95 bits per heavy atom. The van der Waals surface area contributed by atoms with Gasteiger partial charge in [0.1, 0.15) is 5.82 Å². The summed E-state index contributed by atoms with van der Waals surface area (Å²) >= 11 is 0. The van der Waals surface area contributed by atoms with E-state index in [1.54, 1.807) is 0 Å². The molecule has 4 heteroatoms. The van der Waals surface area contributed by atoms with E-state index in [0.717, 1.165) is 31.0 Å². The lowest BCUT2D eigenvalue weighted by atomic mass is 10.3. The number of pyridine rings is 1. The van der Waals surface area contributed by atoms with Crippen molar-refractivity contribution in [3.05, 3.63) is 48.7 Å². The monoisotopic (exact) mass is 270 g/mol. The fraction of sp³-hybridized carbons (Fsp3) is 0.312. The molecule has 1 heterocycles. The lowest BCUT2D eigenvalue weighted by molar-refractivity contribution is 0.816. The zero-order valence-electron chi connectivity index (χ0n) is 12.1. The zero-order valence-corrected chi connectivity index (χ0v) is 12.1. The Balaban J connectivity index is 1.73. The van der Waals surface area contributed by atoms with E-state index in [1.807, 2.05) is 31.4 Å². The molecule has 2 N–H and O–H groups in total. The molecule has 1 aromatic heterocycles. The Morgan fingerprint density at radius 3 is 2.70 bits per heavy atom. The molecule has 0 spiro atoms. The summed E-state index contributed by atoms with van der Waals surface area (Å²) in [7, 11) is 4.00. The molecule has 1 aromatic carbocycles. The van der Waals surface area contributed by atoms with E-state index in [0.29, 0.717) is 0 Å². The van der Waals surface area contributed by atoms with Crippen LogP contribution < -0.4 is 15.5 Å². The van der Waals surface area contributed by atoms with Gasteiger partial charge in [0.25, 0.3) is 0 Å². The Hall–Kier alpha value is -2.23. The first-order valence-corrected chi connectivity index (χ1v) is 6.93. The first-order valence-electron chi connectivity index (χ1n) is 6.93. The molecule has 0 aliphatic rings. The summed E-state index contributed by atoms with van der Waals surface area (Å²) in [5, 5.41) is 6.46. The van der Waals surface area contributed by atoms with Crippen LogP contribution in [0, 0.1) is 0 Å². The van der Waals surface area contributed by atoms with Crippen LogP contribution in [-0.2, 0) is 0 Å². The van der Waals surface area contributed by atoms with Crippen LogP contribution in [0.3, 0.4) is 0 Å². The van der Waals surface area contributed by atoms with Gasteiger partial charge in [-0.05, 0) is 24.6 Å². The molecule has 2 aromatic rings. The molecule has 0 saturated carbocycles. The highest BCUT2D eigenvalue weighted by atomic mass is 15.1. The van der Waals surface area contributed by atoms with E-state index >= 15 is 0 Å². The molecule has 0 aliphatic heterocycles. The summed E-state index contributed by atoms with van der Waals surface area (Å²) in [5.74, 6) is 0.886. The molecule has 0 amide bonds. The Bertz CT molecular complexity index is 513. The minimum Gasteiger partial charge on any atom is -0.385 e. The Morgan fingerprint density at radius 1 is 1.15 bits per heavy atom. The summed E-state index contributed by atoms with van der Waals surface area (Å²) in [6, 6.07) is 14.5. The topological polar surface area (TPSA) is 40.2 Å². The average Bonchev–Trinajstić information content (AvgIpc) is 2.52. The number of hydrogen-bond acceptors (Lipinski definition) is 4. The highest BCUT2D eigenvalue weighted by molar-refractivity contribution is 5.51. The lowest BCUT2D eigenvalue weighted by Gasteiger charge is -2.19. The van der Waals surface area contributed by atoms with Crippen LogP contribution in [-0.4, -0.2) is 32.2 Å². The lowest BCUT2D eigenvalue weighted by Crippen LogP contribution is -2.20. The SMILES string of the molecule is CNc1cc(NCCCN(C)c2ccccc2)ccn1. The standard InChI is InChI=1S/C16H22N4/c1-17-16-13-14(9-11-19-16)18-10-6-12-20(2)15-7-4-3-5-8-15/h3-5,7-9,11,13H,6,10,12H2,1-2H3,(H2,17,18,19). The molecular formula is C16H22N4. The minimum absolute atomic E-state index is 0.886. The predicted octanol–water partition coefficient (Wildman–Crippen LogP) is 3.06. The van der Waals surface area contributed by atoms with E-state index in [4.69, 9.17) is 0 Å². The van der Waals surface area contributed by atoms with Gasteiger partial charge in [0.2, 0.25) is 0 Å². The van der Waals surface area contributed by atoms with Gasteiger partial charge in [-0.2, -0.15) is 0 Å². The van der Waals surface area contributed by atoms with Crippen LogP contribution in [0.4, 0.5) is 17.2 Å². The Labute approximate surface area is 120 Å². The van der Waals surface area contributed by atoms with E-state index in [1.165, 1.54) is 5.69 Å². The van der Waals surface area contributed by atoms with Crippen molar-refractivity contribution >= 4 is 17.2 Å². The van der Waals surface area contributed by atoms with Gasteiger partial charge < -0.3 is 15.5 Å². The molecule has 0 aliphatic carbocycles. The van der Waals surface area contributed by atoms with Gasteiger partial charge in [-0.15, -0.1) is 0 Å². The molecule has 0 unspecified atom stereocenters. The van der Waals surface area contributed by atoms with Gasteiger partial charge in [-0.1, -0.05) is 18.2 Å². The fourth-order valence-electron chi connectivity index (χ4n) is 2.04. The third-order valence-corrected chi connectivity index (χ3v) is 3.21. The van der Waals surface area contributed by atoms with Crippen LogP contribution in [0.2, 0.25) is 0 Å². The molecule has 0 bridgehead atoms. The highest BCUT2D eigenvalue weighted by Crippen LogP contribution is 2.12. The minimum atomic E-state index is 0.886. The first kappa shape index (κ1) is 14.2. The van der Waals surface area contributed by atoms with Crippen LogP contribution in [0.5, 0.6) is 0 Å². The number of hydrogen-bond donors (Lipinski definition) is 2. The van der Waals surface area contributed by atoms with Crippen molar-refractivity contribution in [2.75, 3.05) is 42.7 Å². The average molecular weight is 270 g/mol. The smallest absolute Gasteiger partial charge is 0.127 e. The number of benzene rings is 1. The van der Waals surface area contributed by atoms with Crippen molar-refractivity contribution in [3.8, 4) is 0 Å². The zero-order chi connectivity index (χ0) is 14.2. The normalized spacial score (nSPS) is 10.1. The van der Waals surface area contributed by atoms with E-state index < -0.39 is 0 Å². The van der Waals surface area contributed by atoms with Crippen LogP contribution in [0.15, 0.2) is 48.7 Å². The number of anilines is 3. The molecule has 106 valence electrons. The van der Waals surface area contributed by atoms with E-state index in [9.17, 15) is 0 Å². The second kappa shape index (κ2) is 7.38. The molecular weight excluding hydrogens is 248 g/mol. The molecule has 4 nitrogen and oxygen atoms in total. The van der Waals surface area contributed by atoms with Crippen LogP contribution in [0.1, 0.15) is 6.42 Å². The van der Waals surface area contributed by atoms with Gasteiger partial charge in [-0.25, -0.2) is 4.98 Å². The molecule has 0 atom stereocenters. The largest absolute Gasteiger partial charge is 0.385 e. The highest BCUT2D eigenvalue weighted by Gasteiger charge is 1.99. The maximum atomic E-state index is 4.19. The Kier molecular flexibility index (Phi) is 5.24. The molecule has 0 fully saturated rings. The van der Waals surface area contributed by atoms with E-state index in [2.05, 4.69) is 51.8 Å². The summed E-state index contributed by atoms with van der Waals surface area (Å²) in [6.07, 6.45) is 2.90. The van der Waals surface area contributed by atoms with Crippen molar-refractivity contribution < 1.29 is 0 Å². The number of nitrogens with zero attached hydrogens (tertiary/aromatic N) is 2. The maximum absolute atomic E-state index is 4.19. The third kappa shape index (κ3) is 4.16. The van der Waals surface area contributed by atoms with Crippen LogP contribution >= 0.6 is 0 Å². The van der Waals surface area contributed by atoms with Gasteiger partial charge in [0.15, 0.2) is 0 Å². The number of aromatic nitrogens is 1. The predicted molar refractivity (Wildman–Crippen MR) is 86.6 cm³/mol. The molecule has 2 rings (SSSR count). The maximum Gasteiger partial charge on any atom is 0.127 e. The summed E-state index contributed by atoms with van der Waals surface area (Å²) in [6.45, 7) is 1.98. The van der Waals surface area contributed by atoms with Crippen molar-refractivity contribution in [2.45, 2.75) is 6.42 Å². The first-order chi connectivity index (χ1) is 9.79.